The van der Waals surface area contributed by atoms with E-state index < -0.39 is 5.60 Å². The maximum absolute atomic E-state index is 11.4. The van der Waals surface area contributed by atoms with Gasteiger partial charge in [0, 0.05) is 12.5 Å². The van der Waals surface area contributed by atoms with Crippen molar-refractivity contribution in [3.05, 3.63) is 22.3 Å². The fraction of sp³-hybridized carbons (Fsp3) is 0.471. The first-order chi connectivity index (χ1) is 11.6. The zero-order valence-corrected chi connectivity index (χ0v) is 15.9. The minimum atomic E-state index is -0.725. The summed E-state index contributed by atoms with van der Waals surface area (Å²) in [7, 11) is 0. The summed E-state index contributed by atoms with van der Waals surface area (Å²) in [5, 5.41) is 7.21. The Balaban J connectivity index is 2.39. The molecule has 0 fully saturated rings. The summed E-state index contributed by atoms with van der Waals surface area (Å²) in [4.78, 5) is 11.8. The van der Waals surface area contributed by atoms with Crippen molar-refractivity contribution in [3.63, 3.8) is 0 Å². The van der Waals surface area contributed by atoms with E-state index in [9.17, 15) is 4.79 Å². The Kier molecular flexibility index (Phi) is 5.22. The number of hydrogen-bond donors (Lipinski definition) is 4. The molecule has 0 spiro atoms. The van der Waals surface area contributed by atoms with Crippen LogP contribution in [-0.2, 0) is 11.2 Å². The lowest BCUT2D eigenvalue weighted by Crippen LogP contribution is -2.56. The van der Waals surface area contributed by atoms with Crippen molar-refractivity contribution in [2.75, 3.05) is 0 Å². The third kappa shape index (κ3) is 3.68. The summed E-state index contributed by atoms with van der Waals surface area (Å²) in [6, 6.07) is 0. The van der Waals surface area contributed by atoms with E-state index in [4.69, 9.17) is 32.8 Å². The summed E-state index contributed by atoms with van der Waals surface area (Å²) < 4.78 is 11.7. The van der Waals surface area contributed by atoms with Crippen molar-refractivity contribution in [1.82, 2.24) is 10.9 Å². The van der Waals surface area contributed by atoms with Crippen molar-refractivity contribution >= 4 is 29.1 Å². The number of hydrogen-bond acceptors (Lipinski definition) is 5. The summed E-state index contributed by atoms with van der Waals surface area (Å²) >= 11 is 5.41. The van der Waals surface area contributed by atoms with Crippen molar-refractivity contribution in [3.8, 4) is 11.5 Å². The molecule has 136 valence electrons. The van der Waals surface area contributed by atoms with Gasteiger partial charge in [-0.1, -0.05) is 12.2 Å². The van der Waals surface area contributed by atoms with Crippen LogP contribution in [0.5, 0.6) is 11.5 Å². The van der Waals surface area contributed by atoms with E-state index in [1.54, 1.807) is 0 Å². The Morgan fingerprint density at radius 1 is 1.28 bits per heavy atom. The van der Waals surface area contributed by atoms with Crippen LogP contribution in [0.4, 0.5) is 0 Å². The van der Waals surface area contributed by atoms with E-state index in [-0.39, 0.29) is 11.9 Å². The molecule has 0 bridgehead atoms. The minimum absolute atomic E-state index is 0.226. The molecule has 0 saturated carbocycles. The lowest BCUT2D eigenvalue weighted by molar-refractivity contribution is -0.132. The molecule has 1 unspecified atom stereocenters. The maximum Gasteiger partial charge on any atom is 0.308 e. The maximum atomic E-state index is 11.4. The van der Waals surface area contributed by atoms with Gasteiger partial charge in [0.1, 0.15) is 16.5 Å². The van der Waals surface area contributed by atoms with Crippen LogP contribution in [-0.4, -0.2) is 22.5 Å². The molecule has 1 aliphatic heterocycles. The predicted molar refractivity (Wildman–Crippen MR) is 100 cm³/mol. The lowest BCUT2D eigenvalue weighted by atomic mass is 9.87. The molecule has 7 nitrogen and oxygen atoms in total. The Bertz CT molecular complexity index is 763. The molecule has 8 heteroatoms. The Labute approximate surface area is 152 Å². The standard InChI is InChI=1S/C17H24N4O3S/c1-8-9(2)14-12(10(3)13(8)23-11(4)22)6-7-17(5,24-14)15(25)20-21-16(18)19/h6-7H2,1-5H3,(H,20,25)(H4,18,19,21). The highest BCUT2D eigenvalue weighted by Crippen LogP contribution is 2.43. The predicted octanol–water partition coefficient (Wildman–Crippen LogP) is 1.94. The van der Waals surface area contributed by atoms with E-state index in [0.29, 0.717) is 17.2 Å². The highest BCUT2D eigenvalue weighted by Gasteiger charge is 2.38. The smallest absolute Gasteiger partial charge is 0.308 e. The van der Waals surface area contributed by atoms with Gasteiger partial charge < -0.3 is 15.2 Å². The number of nitrogens with two attached hydrogens (primary N) is 1. The molecule has 0 saturated heterocycles. The average molecular weight is 364 g/mol. The molecule has 0 aromatic heterocycles. The number of thiocarbonyl (C=S) groups is 1. The molecule has 0 amide bonds. The van der Waals surface area contributed by atoms with Crippen LogP contribution in [0.2, 0.25) is 0 Å². The third-order valence-electron chi connectivity index (χ3n) is 4.53. The second-order valence-electron chi connectivity index (χ2n) is 6.43. The van der Waals surface area contributed by atoms with Gasteiger partial charge in [0.2, 0.25) is 5.96 Å². The van der Waals surface area contributed by atoms with Crippen LogP contribution < -0.4 is 26.1 Å². The second-order valence-corrected chi connectivity index (χ2v) is 6.84. The van der Waals surface area contributed by atoms with Gasteiger partial charge in [0.15, 0.2) is 5.60 Å². The Hall–Kier alpha value is -2.35. The van der Waals surface area contributed by atoms with Crippen molar-refractivity contribution in [2.45, 2.75) is 53.1 Å². The van der Waals surface area contributed by atoms with Crippen molar-refractivity contribution < 1.29 is 14.3 Å². The fourth-order valence-corrected chi connectivity index (χ4v) is 3.14. The number of esters is 1. The zero-order valence-electron chi connectivity index (χ0n) is 15.1. The number of guanidine groups is 1. The Morgan fingerprint density at radius 3 is 2.48 bits per heavy atom. The van der Waals surface area contributed by atoms with Gasteiger partial charge in [-0.05, 0) is 57.2 Å². The highest BCUT2D eigenvalue weighted by atomic mass is 32.1. The third-order valence-corrected chi connectivity index (χ3v) is 5.06. The summed E-state index contributed by atoms with van der Waals surface area (Å²) in [6.45, 7) is 9.08. The molecule has 0 radical (unpaired) electrons. The summed E-state index contributed by atoms with van der Waals surface area (Å²) in [5.41, 5.74) is 13.5. The molecule has 1 aliphatic rings. The van der Waals surface area contributed by atoms with Gasteiger partial charge in [0.05, 0.1) is 0 Å². The molecule has 2 rings (SSSR count). The molecular formula is C17H24N4O3S. The molecule has 1 atom stereocenters. The fourth-order valence-electron chi connectivity index (χ4n) is 2.95. The number of nitrogens with one attached hydrogen (secondary N) is 3. The first kappa shape index (κ1) is 19.0. The number of fused-ring (bicyclic) bond motifs is 1. The van der Waals surface area contributed by atoms with Gasteiger partial charge in [-0.2, -0.15) is 0 Å². The summed E-state index contributed by atoms with van der Waals surface area (Å²) in [5.74, 6) is 0.811. The molecule has 25 heavy (non-hydrogen) atoms. The van der Waals surface area contributed by atoms with Crippen LogP contribution in [0.3, 0.4) is 0 Å². The van der Waals surface area contributed by atoms with Gasteiger partial charge in [-0.25, -0.2) is 0 Å². The summed E-state index contributed by atoms with van der Waals surface area (Å²) in [6.07, 6.45) is 1.38. The van der Waals surface area contributed by atoms with E-state index in [1.165, 1.54) is 6.92 Å². The lowest BCUT2D eigenvalue weighted by Gasteiger charge is -2.38. The van der Waals surface area contributed by atoms with Crippen LogP contribution in [0, 0.1) is 26.2 Å². The zero-order chi connectivity index (χ0) is 18.9. The van der Waals surface area contributed by atoms with E-state index >= 15 is 0 Å². The average Bonchev–Trinajstić information content (AvgIpc) is 2.54. The molecule has 1 aromatic rings. The minimum Gasteiger partial charge on any atom is -0.480 e. The van der Waals surface area contributed by atoms with Gasteiger partial charge >= 0.3 is 5.97 Å². The number of ether oxygens (including phenoxy) is 2. The first-order valence-electron chi connectivity index (χ1n) is 7.97. The number of hydrazine groups is 1. The number of benzene rings is 1. The molecule has 0 aliphatic carbocycles. The SMILES string of the molecule is CC(=O)Oc1c(C)c(C)c2c(c1C)CCC(C)(C(=S)NNC(=N)N)O2. The quantitative estimate of drug-likeness (QED) is 0.159. The van der Waals surface area contributed by atoms with Crippen molar-refractivity contribution in [2.24, 2.45) is 5.73 Å². The van der Waals surface area contributed by atoms with Gasteiger partial charge in [-0.3, -0.25) is 21.1 Å². The molecule has 1 heterocycles. The monoisotopic (exact) mass is 364 g/mol. The van der Waals surface area contributed by atoms with Gasteiger partial charge in [-0.15, -0.1) is 0 Å². The highest BCUT2D eigenvalue weighted by molar-refractivity contribution is 7.80. The number of rotatable bonds is 2. The molecular weight excluding hydrogens is 340 g/mol. The largest absolute Gasteiger partial charge is 0.480 e. The molecule has 1 aromatic carbocycles. The Morgan fingerprint density at radius 2 is 1.92 bits per heavy atom. The first-order valence-corrected chi connectivity index (χ1v) is 8.38. The number of carbonyl (C=O) groups is 1. The normalized spacial score (nSPS) is 18.6. The van der Waals surface area contributed by atoms with E-state index in [0.717, 1.165) is 34.4 Å². The van der Waals surface area contributed by atoms with Gasteiger partial charge in [0.25, 0.3) is 0 Å². The van der Waals surface area contributed by atoms with Crippen molar-refractivity contribution in [1.29, 1.82) is 5.41 Å². The van der Waals surface area contributed by atoms with E-state index in [2.05, 4.69) is 10.9 Å². The second kappa shape index (κ2) is 6.87. The van der Waals surface area contributed by atoms with Crippen LogP contribution in [0.15, 0.2) is 0 Å². The number of carbonyl (C=O) groups excluding carboxylic acids is 1. The topological polar surface area (TPSA) is 109 Å². The molecule has 5 N–H and O–H groups in total. The van der Waals surface area contributed by atoms with E-state index in [1.807, 2.05) is 27.7 Å². The van der Waals surface area contributed by atoms with Crippen LogP contribution in [0.25, 0.3) is 0 Å². The van der Waals surface area contributed by atoms with Crippen LogP contribution >= 0.6 is 12.2 Å². The van der Waals surface area contributed by atoms with Crippen LogP contribution in [0.1, 0.15) is 42.5 Å².